The van der Waals surface area contributed by atoms with Crippen molar-refractivity contribution < 1.29 is 28.7 Å². The van der Waals surface area contributed by atoms with E-state index in [1.54, 1.807) is 110 Å². The molecule has 0 atom stereocenters. The highest BCUT2D eigenvalue weighted by atomic mass is 79.9. The van der Waals surface area contributed by atoms with Crippen LogP contribution in [0.25, 0.3) is 6.08 Å². The van der Waals surface area contributed by atoms with Crippen molar-refractivity contribution in [3.05, 3.63) is 119 Å². The maximum Gasteiger partial charge on any atom is 0.343 e. The minimum Gasteiger partial charge on any atom is -0.497 e. The number of imide groups is 2. The number of carbonyl (C=O) groups excluding carboxylic acids is 4. The SMILES string of the molecule is COc1ccc(NC(=O)COc2ccc(Br)cc2C=C2C(=O)N(c3ccccc3)C(=O)N(c3ccccc3)C2=O)cc1. The first-order chi connectivity index (χ1) is 20.4. The van der Waals surface area contributed by atoms with Crippen LogP contribution in [0.4, 0.5) is 21.9 Å². The molecule has 1 saturated heterocycles. The predicted octanol–water partition coefficient (Wildman–Crippen LogP) is 6.06. The van der Waals surface area contributed by atoms with Gasteiger partial charge in [0.1, 0.15) is 17.1 Å². The molecule has 0 spiro atoms. The summed E-state index contributed by atoms with van der Waals surface area (Å²) in [6.07, 6.45) is 1.37. The fourth-order valence-corrected chi connectivity index (χ4v) is 4.65. The lowest BCUT2D eigenvalue weighted by Crippen LogP contribution is -2.57. The number of nitrogens with one attached hydrogen (secondary N) is 1. The van der Waals surface area contributed by atoms with Gasteiger partial charge in [0.15, 0.2) is 6.61 Å². The topological polar surface area (TPSA) is 105 Å². The molecule has 0 saturated carbocycles. The van der Waals surface area contributed by atoms with Crippen LogP contribution in [0.3, 0.4) is 0 Å². The molecule has 5 rings (SSSR count). The summed E-state index contributed by atoms with van der Waals surface area (Å²) in [5, 5.41) is 2.74. The number of carbonyl (C=O) groups is 4. The number of halogens is 1. The molecule has 4 aromatic carbocycles. The van der Waals surface area contributed by atoms with Crippen LogP contribution in [-0.2, 0) is 14.4 Å². The predicted molar refractivity (Wildman–Crippen MR) is 162 cm³/mol. The van der Waals surface area contributed by atoms with Crippen molar-refractivity contribution in [3.8, 4) is 11.5 Å². The average Bonchev–Trinajstić information content (AvgIpc) is 3.00. The molecule has 4 aromatic rings. The van der Waals surface area contributed by atoms with Gasteiger partial charge in [-0.25, -0.2) is 14.6 Å². The van der Waals surface area contributed by atoms with Crippen LogP contribution in [0.1, 0.15) is 5.56 Å². The molecule has 10 heteroatoms. The summed E-state index contributed by atoms with van der Waals surface area (Å²) in [6, 6.07) is 27.8. The first kappa shape index (κ1) is 28.3. The zero-order valence-corrected chi connectivity index (χ0v) is 23.9. The van der Waals surface area contributed by atoms with Gasteiger partial charge in [0, 0.05) is 15.7 Å². The number of rotatable bonds is 8. The molecule has 210 valence electrons. The fourth-order valence-electron chi connectivity index (χ4n) is 4.27. The van der Waals surface area contributed by atoms with Crippen molar-refractivity contribution in [2.24, 2.45) is 0 Å². The van der Waals surface area contributed by atoms with Crippen LogP contribution in [0, 0.1) is 0 Å². The van der Waals surface area contributed by atoms with Crippen molar-refractivity contribution in [1.29, 1.82) is 0 Å². The zero-order valence-electron chi connectivity index (χ0n) is 22.3. The maximum absolute atomic E-state index is 13.7. The Hall–Kier alpha value is -5.22. The Morgan fingerprint density at radius 2 is 1.38 bits per heavy atom. The van der Waals surface area contributed by atoms with Crippen molar-refractivity contribution in [1.82, 2.24) is 0 Å². The molecule has 9 nitrogen and oxygen atoms in total. The van der Waals surface area contributed by atoms with Gasteiger partial charge in [-0.1, -0.05) is 52.3 Å². The van der Waals surface area contributed by atoms with Gasteiger partial charge in [0.2, 0.25) is 0 Å². The Bertz CT molecular complexity index is 1610. The summed E-state index contributed by atoms with van der Waals surface area (Å²) in [7, 11) is 1.55. The number of barbiturate groups is 1. The first-order valence-corrected chi connectivity index (χ1v) is 13.6. The Morgan fingerprint density at radius 1 is 0.810 bits per heavy atom. The maximum atomic E-state index is 13.7. The number of ether oxygens (including phenoxy) is 2. The Labute approximate surface area is 250 Å². The molecule has 0 aliphatic carbocycles. The standard InChI is InChI=1S/C32H24BrN3O6/c1-41-26-15-13-23(14-16-26)34-29(37)20-42-28-17-12-22(33)18-21(28)19-27-30(38)35(24-8-4-2-5-9-24)32(40)36(31(27)39)25-10-6-3-7-11-25/h2-19H,20H2,1H3,(H,34,37). The van der Waals surface area contributed by atoms with Gasteiger partial charge >= 0.3 is 6.03 Å². The van der Waals surface area contributed by atoms with E-state index in [2.05, 4.69) is 21.2 Å². The molecule has 42 heavy (non-hydrogen) atoms. The molecule has 1 aliphatic rings. The van der Waals surface area contributed by atoms with E-state index in [0.717, 1.165) is 9.80 Å². The highest BCUT2D eigenvalue weighted by molar-refractivity contribution is 9.10. The summed E-state index contributed by atoms with van der Waals surface area (Å²) >= 11 is 3.41. The number of methoxy groups -OCH3 is 1. The minimum absolute atomic E-state index is 0.255. The second-order valence-corrected chi connectivity index (χ2v) is 9.96. The number of para-hydroxylation sites is 2. The van der Waals surface area contributed by atoms with Gasteiger partial charge in [-0.3, -0.25) is 14.4 Å². The summed E-state index contributed by atoms with van der Waals surface area (Å²) in [4.78, 5) is 55.5. The van der Waals surface area contributed by atoms with E-state index in [1.165, 1.54) is 6.08 Å². The number of urea groups is 1. The Balaban J connectivity index is 1.47. The lowest BCUT2D eigenvalue weighted by Gasteiger charge is -2.34. The van der Waals surface area contributed by atoms with E-state index in [4.69, 9.17) is 9.47 Å². The number of hydrogen-bond acceptors (Lipinski definition) is 6. The van der Waals surface area contributed by atoms with Crippen LogP contribution < -0.4 is 24.6 Å². The van der Waals surface area contributed by atoms with Gasteiger partial charge in [0.05, 0.1) is 18.5 Å². The number of amides is 5. The van der Waals surface area contributed by atoms with Crippen LogP contribution in [0.15, 0.2) is 113 Å². The van der Waals surface area contributed by atoms with E-state index >= 15 is 0 Å². The van der Waals surface area contributed by atoms with E-state index in [0.29, 0.717) is 32.8 Å². The third kappa shape index (κ3) is 6.08. The molecule has 1 heterocycles. The van der Waals surface area contributed by atoms with Crippen LogP contribution in [-0.4, -0.2) is 37.5 Å². The molecule has 1 aliphatic heterocycles. The van der Waals surface area contributed by atoms with Crippen molar-refractivity contribution in [3.63, 3.8) is 0 Å². The van der Waals surface area contributed by atoms with Crippen LogP contribution in [0.2, 0.25) is 0 Å². The first-order valence-electron chi connectivity index (χ1n) is 12.8. The molecule has 5 amide bonds. The second-order valence-electron chi connectivity index (χ2n) is 9.04. The van der Waals surface area contributed by atoms with Crippen molar-refractivity contribution in [2.75, 3.05) is 28.8 Å². The van der Waals surface area contributed by atoms with Crippen molar-refractivity contribution >= 4 is 62.8 Å². The number of nitrogens with zero attached hydrogens (tertiary/aromatic N) is 2. The third-order valence-corrected chi connectivity index (χ3v) is 6.78. The second kappa shape index (κ2) is 12.5. The summed E-state index contributed by atoms with van der Waals surface area (Å²) in [6.45, 7) is -0.337. The van der Waals surface area contributed by atoms with Crippen molar-refractivity contribution in [2.45, 2.75) is 0 Å². The van der Waals surface area contributed by atoms with Crippen LogP contribution >= 0.6 is 15.9 Å². The quantitative estimate of drug-likeness (QED) is 0.188. The summed E-state index contributed by atoms with van der Waals surface area (Å²) in [5.74, 6) is -1.08. The molecule has 0 aromatic heterocycles. The Kier molecular flexibility index (Phi) is 8.44. The van der Waals surface area contributed by atoms with E-state index in [9.17, 15) is 19.2 Å². The molecular formula is C32H24BrN3O6. The minimum atomic E-state index is -0.791. The van der Waals surface area contributed by atoms with Crippen LogP contribution in [0.5, 0.6) is 11.5 Å². The number of benzene rings is 4. The van der Waals surface area contributed by atoms with E-state index < -0.39 is 23.8 Å². The molecule has 0 radical (unpaired) electrons. The van der Waals surface area contributed by atoms with Gasteiger partial charge in [0.25, 0.3) is 17.7 Å². The molecule has 0 unspecified atom stereocenters. The van der Waals surface area contributed by atoms with Gasteiger partial charge < -0.3 is 14.8 Å². The third-order valence-electron chi connectivity index (χ3n) is 6.28. The average molecular weight is 626 g/mol. The smallest absolute Gasteiger partial charge is 0.343 e. The van der Waals surface area contributed by atoms with Gasteiger partial charge in [-0.05, 0) is 72.8 Å². The molecule has 0 bridgehead atoms. The van der Waals surface area contributed by atoms with E-state index in [-0.39, 0.29) is 17.9 Å². The number of hydrogen-bond donors (Lipinski definition) is 1. The zero-order chi connectivity index (χ0) is 29.6. The summed E-state index contributed by atoms with van der Waals surface area (Å²) in [5.41, 5.74) is 1.29. The normalized spacial score (nSPS) is 13.2. The lowest BCUT2D eigenvalue weighted by molar-refractivity contribution is -0.121. The van der Waals surface area contributed by atoms with E-state index in [1.807, 2.05) is 0 Å². The molecule has 1 fully saturated rings. The van der Waals surface area contributed by atoms with Gasteiger partial charge in [-0.15, -0.1) is 0 Å². The number of anilines is 3. The monoisotopic (exact) mass is 625 g/mol. The Morgan fingerprint density at radius 3 is 1.93 bits per heavy atom. The highest BCUT2D eigenvalue weighted by Gasteiger charge is 2.43. The lowest BCUT2D eigenvalue weighted by atomic mass is 10.0. The molecule has 1 N–H and O–H groups in total. The largest absolute Gasteiger partial charge is 0.497 e. The van der Waals surface area contributed by atoms with Gasteiger partial charge in [-0.2, -0.15) is 0 Å². The highest BCUT2D eigenvalue weighted by Crippen LogP contribution is 2.32. The fraction of sp³-hybridized carbons (Fsp3) is 0.0625. The molecular weight excluding hydrogens is 602 g/mol. The summed E-state index contributed by atoms with van der Waals surface area (Å²) < 4.78 is 11.6.